The van der Waals surface area contributed by atoms with Gasteiger partial charge >= 0.3 is 0 Å². The van der Waals surface area contributed by atoms with Gasteiger partial charge in [-0.15, -0.1) is 0 Å². The van der Waals surface area contributed by atoms with Crippen molar-refractivity contribution in [3.63, 3.8) is 0 Å². The summed E-state index contributed by atoms with van der Waals surface area (Å²) in [5.41, 5.74) is 4.00. The van der Waals surface area contributed by atoms with E-state index in [0.717, 1.165) is 15.6 Å². The first-order valence-corrected chi connectivity index (χ1v) is 8.72. The highest BCUT2D eigenvalue weighted by molar-refractivity contribution is 9.10. The molecule has 2 aromatic rings. The van der Waals surface area contributed by atoms with E-state index in [1.165, 1.54) is 12.3 Å². The zero-order valence-electron chi connectivity index (χ0n) is 14.7. The zero-order chi connectivity index (χ0) is 19.2. The number of nitrogens with one attached hydrogen (secondary N) is 1. The Morgan fingerprint density at radius 1 is 1.15 bits per heavy atom. The molecule has 0 radical (unpaired) electrons. The van der Waals surface area contributed by atoms with E-state index >= 15 is 0 Å². The van der Waals surface area contributed by atoms with E-state index in [9.17, 15) is 4.79 Å². The fraction of sp³-hybridized carbons (Fsp3) is 0.158. The van der Waals surface area contributed by atoms with E-state index in [1.54, 1.807) is 44.6 Å². The van der Waals surface area contributed by atoms with Gasteiger partial charge in [0.2, 0.25) is 6.79 Å². The normalized spacial score (nSPS) is 12.6. The van der Waals surface area contributed by atoms with E-state index in [-0.39, 0.29) is 12.7 Å². The van der Waals surface area contributed by atoms with Crippen molar-refractivity contribution in [2.24, 2.45) is 5.10 Å². The van der Waals surface area contributed by atoms with Crippen molar-refractivity contribution >= 4 is 34.1 Å². The molecule has 0 fully saturated rings. The molecule has 8 heteroatoms. The van der Waals surface area contributed by atoms with Gasteiger partial charge in [0.1, 0.15) is 0 Å². The number of methoxy groups -OCH3 is 2. The first-order valence-electron chi connectivity index (χ1n) is 7.93. The molecule has 0 saturated carbocycles. The van der Waals surface area contributed by atoms with Gasteiger partial charge in [0.05, 0.1) is 24.9 Å². The van der Waals surface area contributed by atoms with Crippen LogP contribution in [0.4, 0.5) is 0 Å². The Hall–Kier alpha value is -3.00. The lowest BCUT2D eigenvalue weighted by atomic mass is 10.2. The average molecular weight is 433 g/mol. The minimum atomic E-state index is -0.358. The highest BCUT2D eigenvalue weighted by Crippen LogP contribution is 2.36. The van der Waals surface area contributed by atoms with E-state index in [1.807, 2.05) is 6.07 Å². The maximum atomic E-state index is 11.9. The Kier molecular flexibility index (Phi) is 5.97. The topological polar surface area (TPSA) is 78.4 Å². The van der Waals surface area contributed by atoms with Crippen LogP contribution in [0.2, 0.25) is 0 Å². The third-order valence-electron chi connectivity index (χ3n) is 3.67. The van der Waals surface area contributed by atoms with Crippen molar-refractivity contribution in [1.29, 1.82) is 0 Å². The summed E-state index contributed by atoms with van der Waals surface area (Å²) < 4.78 is 21.8. The number of fused-ring (bicyclic) bond motifs is 1. The third-order valence-corrected chi connectivity index (χ3v) is 4.26. The second-order valence-corrected chi connectivity index (χ2v) is 6.27. The van der Waals surface area contributed by atoms with Crippen LogP contribution in [-0.2, 0) is 4.79 Å². The van der Waals surface area contributed by atoms with Gasteiger partial charge in [-0.1, -0.05) is 6.07 Å². The van der Waals surface area contributed by atoms with E-state index in [2.05, 4.69) is 26.5 Å². The fourth-order valence-corrected chi connectivity index (χ4v) is 3.03. The number of hydrogen-bond donors (Lipinski definition) is 1. The van der Waals surface area contributed by atoms with Crippen LogP contribution in [0.15, 0.2) is 46.0 Å². The van der Waals surface area contributed by atoms with Gasteiger partial charge in [0, 0.05) is 6.08 Å². The molecule has 7 nitrogen and oxygen atoms in total. The van der Waals surface area contributed by atoms with Crippen molar-refractivity contribution in [2.45, 2.75) is 0 Å². The SMILES string of the molecule is COc1cc(C=NNC(=O)C=Cc2ccc3c(c2)OCO3)cc(Br)c1OC. The van der Waals surface area contributed by atoms with Crippen LogP contribution < -0.4 is 24.4 Å². The number of hydrazone groups is 1. The Morgan fingerprint density at radius 2 is 1.96 bits per heavy atom. The number of rotatable bonds is 6. The minimum Gasteiger partial charge on any atom is -0.493 e. The lowest BCUT2D eigenvalue weighted by Gasteiger charge is -2.10. The molecule has 2 aromatic carbocycles. The lowest BCUT2D eigenvalue weighted by molar-refractivity contribution is -0.116. The van der Waals surface area contributed by atoms with Crippen LogP contribution in [0.3, 0.4) is 0 Å². The second kappa shape index (κ2) is 8.59. The molecule has 1 amide bonds. The quantitative estimate of drug-likeness (QED) is 0.430. The maximum Gasteiger partial charge on any atom is 0.264 e. The van der Waals surface area contributed by atoms with Gasteiger partial charge in [0.15, 0.2) is 23.0 Å². The summed E-state index contributed by atoms with van der Waals surface area (Å²) in [5.74, 6) is 2.15. The molecule has 1 aliphatic rings. The van der Waals surface area contributed by atoms with Crippen LogP contribution >= 0.6 is 15.9 Å². The molecule has 0 bridgehead atoms. The molecular weight excluding hydrogens is 416 g/mol. The van der Waals surface area contributed by atoms with Crippen LogP contribution in [0.1, 0.15) is 11.1 Å². The number of halogens is 1. The van der Waals surface area contributed by atoms with E-state index in [0.29, 0.717) is 23.0 Å². The number of amides is 1. The highest BCUT2D eigenvalue weighted by atomic mass is 79.9. The molecule has 0 atom stereocenters. The molecule has 27 heavy (non-hydrogen) atoms. The second-order valence-electron chi connectivity index (χ2n) is 5.42. The third kappa shape index (κ3) is 4.59. The summed E-state index contributed by atoms with van der Waals surface area (Å²) in [6, 6.07) is 8.99. The number of carbonyl (C=O) groups is 1. The number of hydrogen-bond acceptors (Lipinski definition) is 6. The van der Waals surface area contributed by atoms with E-state index in [4.69, 9.17) is 18.9 Å². The van der Waals surface area contributed by atoms with Gasteiger partial charge in [0.25, 0.3) is 5.91 Å². The van der Waals surface area contributed by atoms with Gasteiger partial charge in [-0.05, 0) is 57.4 Å². The summed E-state index contributed by atoms with van der Waals surface area (Å²) in [6.45, 7) is 0.212. The van der Waals surface area contributed by atoms with Crippen LogP contribution in [0.25, 0.3) is 6.08 Å². The molecule has 1 heterocycles. The average Bonchev–Trinajstić information content (AvgIpc) is 3.13. The Balaban J connectivity index is 1.61. The molecule has 140 valence electrons. The minimum absolute atomic E-state index is 0.212. The van der Waals surface area contributed by atoms with Crippen molar-refractivity contribution in [3.05, 3.63) is 52.0 Å². The number of nitrogens with zero attached hydrogens (tertiary/aromatic N) is 1. The lowest BCUT2D eigenvalue weighted by Crippen LogP contribution is -2.14. The largest absolute Gasteiger partial charge is 0.493 e. The number of carbonyl (C=O) groups excluding carboxylic acids is 1. The van der Waals surface area contributed by atoms with Crippen LogP contribution in [0, 0.1) is 0 Å². The Bertz CT molecular complexity index is 911. The molecule has 0 aliphatic carbocycles. The molecule has 0 spiro atoms. The summed E-state index contributed by atoms with van der Waals surface area (Å²) in [4.78, 5) is 11.9. The standard InChI is InChI=1S/C19H17BrN2O5/c1-24-17-9-13(7-14(20)19(17)25-2)10-21-22-18(23)6-4-12-3-5-15-16(8-12)27-11-26-15/h3-10H,11H2,1-2H3,(H,22,23). The molecule has 3 rings (SSSR count). The molecule has 1 N–H and O–H groups in total. The maximum absolute atomic E-state index is 11.9. The number of benzene rings is 2. The molecule has 0 aromatic heterocycles. The van der Waals surface area contributed by atoms with Crippen molar-refractivity contribution in [2.75, 3.05) is 21.0 Å². The van der Waals surface area contributed by atoms with Crippen molar-refractivity contribution < 1.29 is 23.7 Å². The predicted molar refractivity (Wildman–Crippen MR) is 105 cm³/mol. The Morgan fingerprint density at radius 3 is 2.74 bits per heavy atom. The van der Waals surface area contributed by atoms with Crippen LogP contribution in [0.5, 0.6) is 23.0 Å². The van der Waals surface area contributed by atoms with Gasteiger partial charge in [-0.2, -0.15) is 5.10 Å². The molecule has 0 saturated heterocycles. The molecular formula is C19H17BrN2O5. The van der Waals surface area contributed by atoms with Crippen molar-refractivity contribution in [3.8, 4) is 23.0 Å². The summed E-state index contributed by atoms with van der Waals surface area (Å²) in [6.07, 6.45) is 4.57. The van der Waals surface area contributed by atoms with Gasteiger partial charge in [-0.3, -0.25) is 4.79 Å². The van der Waals surface area contributed by atoms with Crippen LogP contribution in [-0.4, -0.2) is 33.1 Å². The number of ether oxygens (including phenoxy) is 4. The smallest absolute Gasteiger partial charge is 0.264 e. The summed E-state index contributed by atoms with van der Waals surface area (Å²) in [5, 5.41) is 3.95. The molecule has 0 unspecified atom stereocenters. The summed E-state index contributed by atoms with van der Waals surface area (Å²) >= 11 is 3.41. The highest BCUT2D eigenvalue weighted by Gasteiger charge is 2.12. The zero-order valence-corrected chi connectivity index (χ0v) is 16.3. The fourth-order valence-electron chi connectivity index (χ4n) is 2.41. The summed E-state index contributed by atoms with van der Waals surface area (Å²) in [7, 11) is 3.11. The Labute approximate surface area is 164 Å². The van der Waals surface area contributed by atoms with Gasteiger partial charge < -0.3 is 18.9 Å². The van der Waals surface area contributed by atoms with Crippen molar-refractivity contribution in [1.82, 2.24) is 5.43 Å². The monoisotopic (exact) mass is 432 g/mol. The van der Waals surface area contributed by atoms with Gasteiger partial charge in [-0.25, -0.2) is 5.43 Å². The predicted octanol–water partition coefficient (Wildman–Crippen LogP) is 3.36. The van der Waals surface area contributed by atoms with E-state index < -0.39 is 0 Å². The first-order chi connectivity index (χ1) is 13.1. The molecule has 1 aliphatic heterocycles. The first kappa shape index (κ1) is 18.8.